The van der Waals surface area contributed by atoms with Crippen LogP contribution in [-0.2, 0) is 4.74 Å². The predicted molar refractivity (Wildman–Crippen MR) is 72.2 cm³/mol. The van der Waals surface area contributed by atoms with Gasteiger partial charge in [0, 0.05) is 18.9 Å². The maximum absolute atomic E-state index is 11.3. The van der Waals surface area contributed by atoms with Crippen molar-refractivity contribution in [2.75, 3.05) is 6.54 Å². The largest absolute Gasteiger partial charge is 0.444 e. The molecule has 0 saturated carbocycles. The number of amides is 1. The molecule has 0 aromatic carbocycles. The first-order valence-electron chi connectivity index (χ1n) is 5.92. The Morgan fingerprint density at radius 1 is 1.44 bits per heavy atom. The molecule has 0 spiro atoms. The highest BCUT2D eigenvalue weighted by Gasteiger charge is 2.14. The lowest BCUT2D eigenvalue weighted by Crippen LogP contribution is -2.32. The van der Waals surface area contributed by atoms with E-state index in [2.05, 4.69) is 10.3 Å². The molecule has 0 atom stereocenters. The van der Waals surface area contributed by atoms with Crippen LogP contribution in [0.5, 0.6) is 0 Å². The van der Waals surface area contributed by atoms with Gasteiger partial charge >= 0.3 is 6.09 Å². The molecule has 0 aliphatic heterocycles. The van der Waals surface area contributed by atoms with Gasteiger partial charge in [0.05, 0.1) is 0 Å². The van der Waals surface area contributed by atoms with Gasteiger partial charge in [-0.1, -0.05) is 12.2 Å². The molecular weight excluding hydrogens is 228 g/mol. The molecule has 1 amide bonds. The lowest BCUT2D eigenvalue weighted by molar-refractivity contribution is 0.0534. The van der Waals surface area contributed by atoms with Crippen molar-refractivity contribution in [2.45, 2.75) is 33.3 Å². The van der Waals surface area contributed by atoms with E-state index in [0.29, 0.717) is 6.54 Å². The molecule has 0 aliphatic rings. The maximum Gasteiger partial charge on any atom is 0.407 e. The minimum atomic E-state index is -0.464. The average molecular weight is 248 g/mol. The molecule has 98 valence electrons. The number of alkyl carbamates (subject to hydrolysis) is 1. The van der Waals surface area contributed by atoms with Crippen molar-refractivity contribution in [1.82, 2.24) is 10.3 Å². The van der Waals surface area contributed by atoms with Gasteiger partial charge in [-0.15, -0.1) is 0 Å². The van der Waals surface area contributed by atoms with E-state index in [-0.39, 0.29) is 0 Å². The van der Waals surface area contributed by atoms with Crippen LogP contribution in [0.15, 0.2) is 24.5 Å². The van der Waals surface area contributed by atoms with Crippen LogP contribution in [0.4, 0.5) is 4.79 Å². The van der Waals surface area contributed by atoms with E-state index in [4.69, 9.17) is 4.74 Å². The van der Waals surface area contributed by atoms with Gasteiger partial charge in [-0.3, -0.25) is 4.98 Å². The van der Waals surface area contributed by atoms with Crippen LogP contribution >= 0.6 is 0 Å². The first-order valence-corrected chi connectivity index (χ1v) is 5.92. The fourth-order valence-corrected chi connectivity index (χ4v) is 1.32. The van der Waals surface area contributed by atoms with Crippen LogP contribution in [0.25, 0.3) is 6.08 Å². The SMILES string of the molecule is Cc1cncc(C=CCNC(=O)OC(C)(C)C)c1. The summed E-state index contributed by atoms with van der Waals surface area (Å²) in [5.74, 6) is 0. The number of carbonyl (C=O) groups is 1. The molecule has 0 bridgehead atoms. The number of ether oxygens (including phenoxy) is 1. The van der Waals surface area contributed by atoms with Gasteiger partial charge in [-0.25, -0.2) is 4.79 Å². The summed E-state index contributed by atoms with van der Waals surface area (Å²) in [6.45, 7) is 7.93. The Labute approximate surface area is 108 Å². The summed E-state index contributed by atoms with van der Waals surface area (Å²) in [5, 5.41) is 2.66. The van der Waals surface area contributed by atoms with Crippen molar-refractivity contribution in [3.63, 3.8) is 0 Å². The minimum absolute atomic E-state index is 0.408. The lowest BCUT2D eigenvalue weighted by atomic mass is 10.2. The molecule has 1 aromatic heterocycles. The number of aryl methyl sites for hydroxylation is 1. The Morgan fingerprint density at radius 3 is 2.78 bits per heavy atom. The summed E-state index contributed by atoms with van der Waals surface area (Å²) in [4.78, 5) is 15.4. The zero-order valence-corrected chi connectivity index (χ0v) is 11.4. The second-order valence-electron chi connectivity index (χ2n) is 5.08. The Morgan fingerprint density at radius 2 is 2.17 bits per heavy atom. The highest BCUT2D eigenvalue weighted by Crippen LogP contribution is 2.06. The molecule has 4 nitrogen and oxygen atoms in total. The number of nitrogens with zero attached hydrogens (tertiary/aromatic N) is 1. The van der Waals surface area contributed by atoms with E-state index in [1.165, 1.54) is 0 Å². The molecule has 0 unspecified atom stereocenters. The molecule has 1 aromatic rings. The molecule has 4 heteroatoms. The quantitative estimate of drug-likeness (QED) is 0.894. The third-order valence-electron chi connectivity index (χ3n) is 1.97. The Balaban J connectivity index is 2.36. The number of hydrogen-bond acceptors (Lipinski definition) is 3. The zero-order valence-electron chi connectivity index (χ0n) is 11.4. The van der Waals surface area contributed by atoms with E-state index < -0.39 is 11.7 Å². The topological polar surface area (TPSA) is 51.2 Å². The first-order chi connectivity index (χ1) is 8.37. The highest BCUT2D eigenvalue weighted by molar-refractivity contribution is 5.68. The van der Waals surface area contributed by atoms with Crippen LogP contribution < -0.4 is 5.32 Å². The summed E-state index contributed by atoms with van der Waals surface area (Å²) >= 11 is 0. The monoisotopic (exact) mass is 248 g/mol. The van der Waals surface area contributed by atoms with Crippen molar-refractivity contribution >= 4 is 12.2 Å². The van der Waals surface area contributed by atoms with E-state index in [1.807, 2.05) is 45.9 Å². The number of pyridine rings is 1. The van der Waals surface area contributed by atoms with E-state index in [1.54, 1.807) is 12.4 Å². The van der Waals surface area contributed by atoms with Gasteiger partial charge in [-0.05, 0) is 44.9 Å². The number of rotatable bonds is 3. The van der Waals surface area contributed by atoms with Crippen molar-refractivity contribution in [3.8, 4) is 0 Å². The van der Waals surface area contributed by atoms with Crippen LogP contribution in [0.3, 0.4) is 0 Å². The summed E-state index contributed by atoms with van der Waals surface area (Å²) in [7, 11) is 0. The van der Waals surface area contributed by atoms with Gasteiger partial charge < -0.3 is 10.1 Å². The predicted octanol–water partition coefficient (Wildman–Crippen LogP) is 2.93. The minimum Gasteiger partial charge on any atom is -0.444 e. The number of carbonyl (C=O) groups excluding carboxylic acids is 1. The smallest absolute Gasteiger partial charge is 0.407 e. The van der Waals surface area contributed by atoms with E-state index >= 15 is 0 Å². The molecule has 0 aliphatic carbocycles. The summed E-state index contributed by atoms with van der Waals surface area (Å²) in [5.41, 5.74) is 1.66. The van der Waals surface area contributed by atoms with E-state index in [0.717, 1.165) is 11.1 Å². The van der Waals surface area contributed by atoms with Crippen molar-refractivity contribution in [2.24, 2.45) is 0 Å². The first kappa shape index (κ1) is 14.2. The van der Waals surface area contributed by atoms with Gasteiger partial charge in [0.1, 0.15) is 5.60 Å². The zero-order chi connectivity index (χ0) is 13.6. The molecule has 0 saturated heterocycles. The third kappa shape index (κ3) is 6.03. The van der Waals surface area contributed by atoms with Crippen molar-refractivity contribution < 1.29 is 9.53 Å². The molecule has 1 N–H and O–H groups in total. The number of nitrogens with one attached hydrogen (secondary N) is 1. The van der Waals surface area contributed by atoms with Crippen molar-refractivity contribution in [3.05, 3.63) is 35.7 Å². The fourth-order valence-electron chi connectivity index (χ4n) is 1.32. The summed E-state index contributed by atoms with van der Waals surface area (Å²) in [6, 6.07) is 2.02. The van der Waals surface area contributed by atoms with Crippen LogP contribution in [-0.4, -0.2) is 23.2 Å². The molecular formula is C14H20N2O2. The normalized spacial score (nSPS) is 11.6. The standard InChI is InChI=1S/C14H20N2O2/c1-11-8-12(10-15-9-11)6-5-7-16-13(17)18-14(2,3)4/h5-6,8-10H,7H2,1-4H3,(H,16,17). The Hall–Kier alpha value is -1.84. The summed E-state index contributed by atoms with van der Waals surface area (Å²) < 4.78 is 5.11. The van der Waals surface area contributed by atoms with Gasteiger partial charge in [0.2, 0.25) is 0 Å². The van der Waals surface area contributed by atoms with Gasteiger partial charge in [0.25, 0.3) is 0 Å². The third-order valence-corrected chi connectivity index (χ3v) is 1.97. The maximum atomic E-state index is 11.3. The van der Waals surface area contributed by atoms with E-state index in [9.17, 15) is 4.79 Å². The highest BCUT2D eigenvalue weighted by atomic mass is 16.6. The van der Waals surface area contributed by atoms with Crippen LogP contribution in [0.2, 0.25) is 0 Å². The molecule has 0 radical (unpaired) electrons. The molecule has 18 heavy (non-hydrogen) atoms. The van der Waals surface area contributed by atoms with Crippen LogP contribution in [0, 0.1) is 6.92 Å². The number of aromatic nitrogens is 1. The summed E-state index contributed by atoms with van der Waals surface area (Å²) in [6.07, 6.45) is 6.94. The molecule has 1 rings (SSSR count). The van der Waals surface area contributed by atoms with Gasteiger partial charge in [0.15, 0.2) is 0 Å². The second kappa shape index (κ2) is 6.19. The fraction of sp³-hybridized carbons (Fsp3) is 0.429. The Bertz CT molecular complexity index is 434. The molecule has 1 heterocycles. The number of hydrogen-bond donors (Lipinski definition) is 1. The van der Waals surface area contributed by atoms with Gasteiger partial charge in [-0.2, -0.15) is 0 Å². The molecule has 0 fully saturated rings. The van der Waals surface area contributed by atoms with Crippen LogP contribution in [0.1, 0.15) is 31.9 Å². The van der Waals surface area contributed by atoms with Crippen molar-refractivity contribution in [1.29, 1.82) is 0 Å². The lowest BCUT2D eigenvalue weighted by Gasteiger charge is -2.19. The average Bonchev–Trinajstić information content (AvgIpc) is 2.22. The second-order valence-corrected chi connectivity index (χ2v) is 5.08. The Kier molecular flexibility index (Phi) is 4.89.